The smallest absolute Gasteiger partial charge is 0.261 e. The predicted octanol–water partition coefficient (Wildman–Crippen LogP) is 2.77. The lowest BCUT2D eigenvalue weighted by Gasteiger charge is -2.11. The predicted molar refractivity (Wildman–Crippen MR) is 108 cm³/mol. The SMILES string of the molecule is Cc1ccc(S(=O)(=O)Nc2cc(C)cc(C(=O)NCc3cnn(C)c3)c2)cc1. The summed E-state index contributed by atoms with van der Waals surface area (Å²) in [6.07, 6.45) is 3.50. The Morgan fingerprint density at radius 2 is 1.79 bits per heavy atom. The summed E-state index contributed by atoms with van der Waals surface area (Å²) in [5.41, 5.74) is 3.35. The third-order valence-corrected chi connectivity index (χ3v) is 5.53. The summed E-state index contributed by atoms with van der Waals surface area (Å²) in [6, 6.07) is 11.5. The Labute approximate surface area is 164 Å². The highest BCUT2D eigenvalue weighted by Crippen LogP contribution is 2.20. The van der Waals surface area contributed by atoms with Crippen LogP contribution in [0.2, 0.25) is 0 Å². The molecule has 0 radical (unpaired) electrons. The fraction of sp³-hybridized carbons (Fsp3) is 0.200. The summed E-state index contributed by atoms with van der Waals surface area (Å²) in [4.78, 5) is 12.7. The highest BCUT2D eigenvalue weighted by atomic mass is 32.2. The molecule has 0 aliphatic rings. The van der Waals surface area contributed by atoms with Crippen molar-refractivity contribution < 1.29 is 13.2 Å². The van der Waals surface area contributed by atoms with Crippen LogP contribution in [0.5, 0.6) is 0 Å². The van der Waals surface area contributed by atoms with Crippen LogP contribution in [0.15, 0.2) is 59.8 Å². The van der Waals surface area contributed by atoms with E-state index in [9.17, 15) is 13.2 Å². The molecule has 2 N–H and O–H groups in total. The normalized spacial score (nSPS) is 11.2. The van der Waals surface area contributed by atoms with Gasteiger partial charge in [0.15, 0.2) is 0 Å². The van der Waals surface area contributed by atoms with Crippen molar-refractivity contribution in [3.63, 3.8) is 0 Å². The first-order valence-electron chi connectivity index (χ1n) is 8.70. The van der Waals surface area contributed by atoms with Crippen LogP contribution in [-0.4, -0.2) is 24.1 Å². The zero-order chi connectivity index (χ0) is 20.3. The lowest BCUT2D eigenvalue weighted by atomic mass is 10.1. The summed E-state index contributed by atoms with van der Waals surface area (Å²) in [7, 11) is -1.93. The Hall–Kier alpha value is -3.13. The van der Waals surface area contributed by atoms with Gasteiger partial charge in [-0.05, 0) is 49.7 Å². The fourth-order valence-electron chi connectivity index (χ4n) is 2.75. The molecule has 0 saturated heterocycles. The van der Waals surface area contributed by atoms with Gasteiger partial charge in [0.1, 0.15) is 0 Å². The highest BCUT2D eigenvalue weighted by molar-refractivity contribution is 7.92. The van der Waals surface area contributed by atoms with Crippen LogP contribution in [0.3, 0.4) is 0 Å². The van der Waals surface area contributed by atoms with Gasteiger partial charge in [-0.2, -0.15) is 5.10 Å². The van der Waals surface area contributed by atoms with Gasteiger partial charge in [0.05, 0.1) is 11.1 Å². The van der Waals surface area contributed by atoms with Crippen LogP contribution in [0.25, 0.3) is 0 Å². The molecular weight excluding hydrogens is 376 g/mol. The van der Waals surface area contributed by atoms with Gasteiger partial charge < -0.3 is 5.32 Å². The molecule has 0 spiro atoms. The molecule has 3 rings (SSSR count). The molecule has 7 nitrogen and oxygen atoms in total. The Bertz CT molecular complexity index is 1100. The molecular formula is C20H22N4O3S. The maximum Gasteiger partial charge on any atom is 0.261 e. The number of aryl methyl sites for hydroxylation is 3. The van der Waals surface area contributed by atoms with Crippen LogP contribution >= 0.6 is 0 Å². The lowest BCUT2D eigenvalue weighted by Crippen LogP contribution is -2.23. The van der Waals surface area contributed by atoms with Gasteiger partial charge in [-0.25, -0.2) is 8.42 Å². The molecule has 0 unspecified atom stereocenters. The average Bonchev–Trinajstić information content (AvgIpc) is 3.04. The van der Waals surface area contributed by atoms with Gasteiger partial charge >= 0.3 is 0 Å². The second kappa shape index (κ2) is 7.85. The minimum Gasteiger partial charge on any atom is -0.348 e. The van der Waals surface area contributed by atoms with Gasteiger partial charge in [0.25, 0.3) is 15.9 Å². The van der Waals surface area contributed by atoms with Crippen LogP contribution in [-0.2, 0) is 23.6 Å². The first-order chi connectivity index (χ1) is 13.2. The van der Waals surface area contributed by atoms with Crippen molar-refractivity contribution in [1.29, 1.82) is 0 Å². The third kappa shape index (κ3) is 4.77. The van der Waals surface area contributed by atoms with E-state index < -0.39 is 10.0 Å². The van der Waals surface area contributed by atoms with E-state index in [0.29, 0.717) is 17.8 Å². The monoisotopic (exact) mass is 398 g/mol. The molecule has 146 valence electrons. The number of benzene rings is 2. The first-order valence-corrected chi connectivity index (χ1v) is 10.2. The van der Waals surface area contributed by atoms with Gasteiger partial charge in [-0.15, -0.1) is 0 Å². The number of rotatable bonds is 6. The highest BCUT2D eigenvalue weighted by Gasteiger charge is 2.16. The zero-order valence-electron chi connectivity index (χ0n) is 15.9. The van der Waals surface area contributed by atoms with Gasteiger partial charge in [-0.3, -0.25) is 14.2 Å². The summed E-state index contributed by atoms with van der Waals surface area (Å²) < 4.78 is 29.4. The Kier molecular flexibility index (Phi) is 5.51. The lowest BCUT2D eigenvalue weighted by molar-refractivity contribution is 0.0951. The van der Waals surface area contributed by atoms with Crippen molar-refractivity contribution in [1.82, 2.24) is 15.1 Å². The van der Waals surface area contributed by atoms with Crippen LogP contribution in [0, 0.1) is 13.8 Å². The van der Waals surface area contributed by atoms with E-state index in [1.165, 1.54) is 6.07 Å². The van der Waals surface area contributed by atoms with E-state index in [2.05, 4.69) is 15.1 Å². The van der Waals surface area contributed by atoms with Crippen molar-refractivity contribution in [2.75, 3.05) is 4.72 Å². The molecule has 0 atom stereocenters. The molecule has 3 aromatic rings. The number of nitrogens with zero attached hydrogens (tertiary/aromatic N) is 2. The second-order valence-electron chi connectivity index (χ2n) is 6.71. The topological polar surface area (TPSA) is 93.1 Å². The third-order valence-electron chi connectivity index (χ3n) is 4.13. The number of amides is 1. The molecule has 0 aliphatic carbocycles. The van der Waals surface area contributed by atoms with Gasteiger partial charge in [0.2, 0.25) is 0 Å². The molecule has 0 fully saturated rings. The molecule has 0 saturated carbocycles. The number of anilines is 1. The fourth-order valence-corrected chi connectivity index (χ4v) is 3.79. The Balaban J connectivity index is 1.77. The van der Waals surface area contributed by atoms with Crippen LogP contribution in [0.4, 0.5) is 5.69 Å². The minimum atomic E-state index is -3.73. The summed E-state index contributed by atoms with van der Waals surface area (Å²) in [5, 5.41) is 6.87. The maximum atomic E-state index is 12.6. The Morgan fingerprint density at radius 3 is 2.43 bits per heavy atom. The number of carbonyl (C=O) groups excluding carboxylic acids is 1. The number of carbonyl (C=O) groups is 1. The minimum absolute atomic E-state index is 0.169. The molecule has 2 aromatic carbocycles. The van der Waals surface area contributed by atoms with Gasteiger partial charge in [0, 0.05) is 36.6 Å². The summed E-state index contributed by atoms with van der Waals surface area (Å²) in [6.45, 7) is 4.04. The van der Waals surface area contributed by atoms with E-state index in [1.54, 1.807) is 54.3 Å². The summed E-state index contributed by atoms with van der Waals surface area (Å²) >= 11 is 0. The van der Waals surface area contributed by atoms with E-state index in [-0.39, 0.29) is 10.8 Å². The molecule has 28 heavy (non-hydrogen) atoms. The molecule has 0 aliphatic heterocycles. The van der Waals surface area contributed by atoms with Crippen molar-refractivity contribution in [3.8, 4) is 0 Å². The first kappa shape index (κ1) is 19.6. The second-order valence-corrected chi connectivity index (χ2v) is 8.39. The number of nitrogens with one attached hydrogen (secondary N) is 2. The quantitative estimate of drug-likeness (QED) is 0.668. The zero-order valence-corrected chi connectivity index (χ0v) is 16.7. The van der Waals surface area contributed by atoms with Crippen molar-refractivity contribution in [2.45, 2.75) is 25.3 Å². The standard InChI is InChI=1S/C20H22N4O3S/c1-14-4-6-19(7-5-14)28(26,27)23-18-9-15(2)8-17(10-18)20(25)21-11-16-12-22-24(3)13-16/h4-10,12-13,23H,11H2,1-3H3,(H,21,25). The van der Waals surface area contributed by atoms with Crippen LogP contribution in [0.1, 0.15) is 27.0 Å². The van der Waals surface area contributed by atoms with Crippen molar-refractivity contribution in [2.24, 2.45) is 7.05 Å². The number of hydrogen-bond donors (Lipinski definition) is 2. The number of aromatic nitrogens is 2. The molecule has 1 aromatic heterocycles. The largest absolute Gasteiger partial charge is 0.348 e. The Morgan fingerprint density at radius 1 is 1.07 bits per heavy atom. The van der Waals surface area contributed by atoms with E-state index in [4.69, 9.17) is 0 Å². The van der Waals surface area contributed by atoms with Gasteiger partial charge in [-0.1, -0.05) is 17.7 Å². The number of hydrogen-bond acceptors (Lipinski definition) is 4. The molecule has 8 heteroatoms. The summed E-state index contributed by atoms with van der Waals surface area (Å²) in [5.74, 6) is -0.289. The van der Waals surface area contributed by atoms with Crippen molar-refractivity contribution >= 4 is 21.6 Å². The maximum absolute atomic E-state index is 12.6. The molecule has 0 bridgehead atoms. The molecule has 1 heterocycles. The van der Waals surface area contributed by atoms with Crippen LogP contribution < -0.4 is 10.0 Å². The molecule has 1 amide bonds. The van der Waals surface area contributed by atoms with Crippen molar-refractivity contribution in [3.05, 3.63) is 77.1 Å². The van der Waals surface area contributed by atoms with E-state index >= 15 is 0 Å². The van der Waals surface area contributed by atoms with E-state index in [1.807, 2.05) is 20.0 Å². The van der Waals surface area contributed by atoms with E-state index in [0.717, 1.165) is 16.7 Å². The average molecular weight is 398 g/mol. The number of sulfonamides is 1.